The Morgan fingerprint density at radius 1 is 1.43 bits per heavy atom. The molecule has 21 heavy (non-hydrogen) atoms. The molecule has 1 unspecified atom stereocenters. The van der Waals surface area contributed by atoms with Crippen molar-refractivity contribution in [1.82, 2.24) is 4.90 Å². The molecule has 1 aromatic rings. The number of fused-ring (bicyclic) bond motifs is 1. The standard InChI is InChI=1S/C17H25NO3/c1-4-18(5-2)17(20)12(3)21-14-10-9-13-7-6-8-16(19)15(13)11-14/h9-12,16,19H,4-8H2,1-3H3/t12?,16-/m0/s1. The molecule has 1 aliphatic carbocycles. The highest BCUT2D eigenvalue weighted by molar-refractivity contribution is 5.80. The molecule has 1 amide bonds. The van der Waals surface area contributed by atoms with E-state index in [9.17, 15) is 9.90 Å². The third kappa shape index (κ3) is 3.56. The van der Waals surface area contributed by atoms with E-state index in [4.69, 9.17) is 4.74 Å². The highest BCUT2D eigenvalue weighted by atomic mass is 16.5. The number of aryl methyl sites for hydroxylation is 1. The van der Waals surface area contributed by atoms with E-state index in [1.807, 2.05) is 32.0 Å². The van der Waals surface area contributed by atoms with Gasteiger partial charge in [0, 0.05) is 13.1 Å². The summed E-state index contributed by atoms with van der Waals surface area (Å²) < 4.78 is 5.77. The minimum Gasteiger partial charge on any atom is -0.481 e. The van der Waals surface area contributed by atoms with E-state index < -0.39 is 12.2 Å². The van der Waals surface area contributed by atoms with Crippen molar-refractivity contribution in [3.05, 3.63) is 29.3 Å². The molecule has 0 spiro atoms. The number of hydrogen-bond acceptors (Lipinski definition) is 3. The lowest BCUT2D eigenvalue weighted by atomic mass is 9.89. The highest BCUT2D eigenvalue weighted by Gasteiger charge is 2.22. The first-order valence-electron chi connectivity index (χ1n) is 7.83. The van der Waals surface area contributed by atoms with Crippen LogP contribution in [0.1, 0.15) is 50.8 Å². The molecule has 0 saturated heterocycles. The van der Waals surface area contributed by atoms with E-state index in [1.165, 1.54) is 5.56 Å². The van der Waals surface area contributed by atoms with E-state index >= 15 is 0 Å². The summed E-state index contributed by atoms with van der Waals surface area (Å²) in [5, 5.41) is 10.1. The molecular formula is C17H25NO3. The molecule has 0 radical (unpaired) electrons. The largest absolute Gasteiger partial charge is 0.481 e. The number of likely N-dealkylation sites (N-methyl/N-ethyl adjacent to an activating group) is 1. The van der Waals surface area contributed by atoms with Gasteiger partial charge in [-0.2, -0.15) is 0 Å². The number of benzene rings is 1. The Hall–Kier alpha value is -1.55. The van der Waals surface area contributed by atoms with Gasteiger partial charge in [0.25, 0.3) is 5.91 Å². The van der Waals surface area contributed by atoms with Crippen molar-refractivity contribution in [1.29, 1.82) is 0 Å². The number of ether oxygens (including phenoxy) is 1. The Kier molecular flexibility index (Phi) is 5.23. The molecule has 4 heteroatoms. The van der Waals surface area contributed by atoms with E-state index in [0.717, 1.165) is 24.8 Å². The maximum atomic E-state index is 12.2. The third-order valence-corrected chi connectivity index (χ3v) is 4.14. The number of carbonyl (C=O) groups excluding carboxylic acids is 1. The van der Waals surface area contributed by atoms with Crippen molar-refractivity contribution in [2.75, 3.05) is 13.1 Å². The SMILES string of the molecule is CCN(CC)C(=O)C(C)Oc1ccc2c(c1)[C@@H](O)CCC2. The molecule has 0 aromatic heterocycles. The van der Waals surface area contributed by atoms with Crippen LogP contribution in [0, 0.1) is 0 Å². The van der Waals surface area contributed by atoms with E-state index in [2.05, 4.69) is 0 Å². The summed E-state index contributed by atoms with van der Waals surface area (Å²) >= 11 is 0. The Balaban J connectivity index is 2.09. The maximum Gasteiger partial charge on any atom is 0.263 e. The van der Waals surface area contributed by atoms with Gasteiger partial charge in [0.15, 0.2) is 6.10 Å². The normalized spacial score (nSPS) is 18.8. The first kappa shape index (κ1) is 15.8. The van der Waals surface area contributed by atoms with Crippen molar-refractivity contribution in [2.24, 2.45) is 0 Å². The van der Waals surface area contributed by atoms with Gasteiger partial charge in [-0.1, -0.05) is 6.07 Å². The van der Waals surface area contributed by atoms with Crippen LogP contribution in [0.5, 0.6) is 5.75 Å². The Morgan fingerprint density at radius 3 is 2.81 bits per heavy atom. The minimum atomic E-state index is -0.510. The number of amides is 1. The quantitative estimate of drug-likeness (QED) is 0.907. The van der Waals surface area contributed by atoms with Crippen molar-refractivity contribution < 1.29 is 14.6 Å². The van der Waals surface area contributed by atoms with E-state index in [-0.39, 0.29) is 5.91 Å². The van der Waals surface area contributed by atoms with Crippen LogP contribution in [-0.4, -0.2) is 35.1 Å². The lowest BCUT2D eigenvalue weighted by Crippen LogP contribution is -2.40. The van der Waals surface area contributed by atoms with Crippen molar-refractivity contribution in [2.45, 2.75) is 52.2 Å². The second-order valence-electron chi connectivity index (χ2n) is 5.54. The molecule has 0 fully saturated rings. The molecule has 0 bridgehead atoms. The number of aliphatic hydroxyl groups excluding tert-OH is 1. The molecule has 0 aliphatic heterocycles. The van der Waals surface area contributed by atoms with Crippen LogP contribution in [0.15, 0.2) is 18.2 Å². The van der Waals surface area contributed by atoms with Crippen LogP contribution >= 0.6 is 0 Å². The molecule has 1 aliphatic rings. The summed E-state index contributed by atoms with van der Waals surface area (Å²) in [6, 6.07) is 5.77. The predicted molar refractivity (Wildman–Crippen MR) is 82.4 cm³/mol. The first-order valence-corrected chi connectivity index (χ1v) is 7.83. The number of carbonyl (C=O) groups is 1. The molecule has 0 saturated carbocycles. The van der Waals surface area contributed by atoms with Gasteiger partial charge in [-0.15, -0.1) is 0 Å². The van der Waals surface area contributed by atoms with Gasteiger partial charge in [-0.3, -0.25) is 4.79 Å². The molecule has 2 rings (SSSR count). The van der Waals surface area contributed by atoms with E-state index in [1.54, 1.807) is 11.8 Å². The zero-order valence-electron chi connectivity index (χ0n) is 13.1. The van der Waals surface area contributed by atoms with Crippen molar-refractivity contribution >= 4 is 5.91 Å². The molecule has 2 atom stereocenters. The second-order valence-corrected chi connectivity index (χ2v) is 5.54. The van der Waals surface area contributed by atoms with Crippen LogP contribution in [0.25, 0.3) is 0 Å². The zero-order chi connectivity index (χ0) is 15.4. The smallest absolute Gasteiger partial charge is 0.263 e. The molecule has 0 heterocycles. The lowest BCUT2D eigenvalue weighted by Gasteiger charge is -2.25. The molecule has 4 nitrogen and oxygen atoms in total. The van der Waals surface area contributed by atoms with Gasteiger partial charge in [-0.25, -0.2) is 0 Å². The summed E-state index contributed by atoms with van der Waals surface area (Å²) in [6.45, 7) is 7.07. The number of rotatable bonds is 5. The van der Waals surface area contributed by atoms with Gasteiger partial charge in [-0.05, 0) is 63.3 Å². The Morgan fingerprint density at radius 2 is 2.14 bits per heavy atom. The third-order valence-electron chi connectivity index (χ3n) is 4.14. The zero-order valence-corrected chi connectivity index (χ0v) is 13.1. The summed E-state index contributed by atoms with van der Waals surface area (Å²) in [7, 11) is 0. The van der Waals surface area contributed by atoms with Gasteiger partial charge in [0.05, 0.1) is 6.10 Å². The second kappa shape index (κ2) is 6.94. The van der Waals surface area contributed by atoms with Crippen LogP contribution in [-0.2, 0) is 11.2 Å². The Bertz CT molecular complexity index is 497. The number of nitrogens with zero attached hydrogens (tertiary/aromatic N) is 1. The molecule has 1 N–H and O–H groups in total. The maximum absolute atomic E-state index is 12.2. The fourth-order valence-electron chi connectivity index (χ4n) is 2.87. The molecule has 116 valence electrons. The van der Waals surface area contributed by atoms with Gasteiger partial charge < -0.3 is 14.7 Å². The lowest BCUT2D eigenvalue weighted by molar-refractivity contribution is -0.137. The minimum absolute atomic E-state index is 0.00160. The Labute approximate surface area is 126 Å². The monoisotopic (exact) mass is 291 g/mol. The van der Waals surface area contributed by atoms with Crippen molar-refractivity contribution in [3.8, 4) is 5.75 Å². The summed E-state index contributed by atoms with van der Waals surface area (Å²) in [6.07, 6.45) is 1.89. The topological polar surface area (TPSA) is 49.8 Å². The van der Waals surface area contributed by atoms with Crippen LogP contribution < -0.4 is 4.74 Å². The van der Waals surface area contributed by atoms with Crippen LogP contribution in [0.3, 0.4) is 0 Å². The van der Waals surface area contributed by atoms with Crippen molar-refractivity contribution in [3.63, 3.8) is 0 Å². The average molecular weight is 291 g/mol. The number of aliphatic hydroxyl groups is 1. The highest BCUT2D eigenvalue weighted by Crippen LogP contribution is 2.32. The molecular weight excluding hydrogens is 266 g/mol. The summed E-state index contributed by atoms with van der Waals surface area (Å²) in [5.74, 6) is 0.654. The fraction of sp³-hybridized carbons (Fsp3) is 0.588. The first-order chi connectivity index (χ1) is 10.1. The van der Waals surface area contributed by atoms with Crippen LogP contribution in [0.4, 0.5) is 0 Å². The van der Waals surface area contributed by atoms with E-state index in [0.29, 0.717) is 18.8 Å². The molecule has 1 aromatic carbocycles. The van der Waals surface area contributed by atoms with Gasteiger partial charge >= 0.3 is 0 Å². The summed E-state index contributed by atoms with van der Waals surface area (Å²) in [4.78, 5) is 14.0. The van der Waals surface area contributed by atoms with Crippen LogP contribution in [0.2, 0.25) is 0 Å². The average Bonchev–Trinajstić information content (AvgIpc) is 2.49. The van der Waals surface area contributed by atoms with Gasteiger partial charge in [0.1, 0.15) is 5.75 Å². The fourth-order valence-corrected chi connectivity index (χ4v) is 2.87. The predicted octanol–water partition coefficient (Wildman–Crippen LogP) is 2.69. The number of hydrogen-bond donors (Lipinski definition) is 1. The van der Waals surface area contributed by atoms with Gasteiger partial charge in [0.2, 0.25) is 0 Å². The summed E-state index contributed by atoms with van der Waals surface area (Å²) in [5.41, 5.74) is 2.13.